The highest BCUT2D eigenvalue weighted by Crippen LogP contribution is 2.36. The van der Waals surface area contributed by atoms with Gasteiger partial charge in [-0.15, -0.1) is 0 Å². The molecule has 148 valence electrons. The van der Waals surface area contributed by atoms with Crippen molar-refractivity contribution >= 4 is 40.9 Å². The number of nitro benzene ring substituents is 1. The van der Waals surface area contributed by atoms with Crippen molar-refractivity contribution in [2.45, 2.75) is 13.8 Å². The number of benzene rings is 2. The van der Waals surface area contributed by atoms with E-state index in [1.807, 2.05) is 0 Å². The van der Waals surface area contributed by atoms with E-state index in [1.165, 1.54) is 35.2 Å². The molecule has 2 aromatic rings. The molecule has 0 fully saturated rings. The molecule has 1 aliphatic rings. The molecule has 2 aromatic carbocycles. The molecule has 0 atom stereocenters. The van der Waals surface area contributed by atoms with Crippen molar-refractivity contribution in [3.63, 3.8) is 0 Å². The first-order chi connectivity index (χ1) is 13.8. The van der Waals surface area contributed by atoms with E-state index < -0.39 is 16.8 Å². The Hall–Kier alpha value is -3.45. The average molecular weight is 413 g/mol. The molecule has 1 aliphatic heterocycles. The number of amides is 1. The number of nitro groups is 1. The lowest BCUT2D eigenvalue weighted by molar-refractivity contribution is -0.384. The lowest BCUT2D eigenvalue weighted by Gasteiger charge is -2.17. The molecule has 0 saturated carbocycles. The van der Waals surface area contributed by atoms with Gasteiger partial charge in [-0.1, -0.05) is 11.6 Å². The Morgan fingerprint density at radius 3 is 2.34 bits per heavy atom. The smallest absolute Gasteiger partial charge is 0.340 e. The quantitative estimate of drug-likeness (QED) is 0.312. The first kappa shape index (κ1) is 20.3. The maximum Gasteiger partial charge on any atom is 0.340 e. The Morgan fingerprint density at radius 1 is 1.17 bits per heavy atom. The highest BCUT2D eigenvalue weighted by Gasteiger charge is 2.38. The van der Waals surface area contributed by atoms with Crippen LogP contribution in [0.3, 0.4) is 0 Å². The average Bonchev–Trinajstić information content (AvgIpc) is 2.93. The van der Waals surface area contributed by atoms with Gasteiger partial charge in [0, 0.05) is 28.5 Å². The van der Waals surface area contributed by atoms with E-state index in [1.54, 1.807) is 38.1 Å². The number of rotatable bonds is 5. The van der Waals surface area contributed by atoms with Crippen LogP contribution in [0.2, 0.25) is 5.02 Å². The molecule has 0 bridgehead atoms. The van der Waals surface area contributed by atoms with Crippen molar-refractivity contribution < 1.29 is 19.2 Å². The number of anilines is 1. The van der Waals surface area contributed by atoms with Crippen molar-refractivity contribution in [2.75, 3.05) is 11.5 Å². The zero-order valence-corrected chi connectivity index (χ0v) is 16.5. The SMILES string of the molecule is CCOC(=O)C1=C(C)N(c2ccc(Cl)cc2)C(=O)/C1=C\c1ccc([N+](=O)[O-])cc1. The van der Waals surface area contributed by atoms with Crippen LogP contribution >= 0.6 is 11.6 Å². The monoisotopic (exact) mass is 412 g/mol. The van der Waals surface area contributed by atoms with Gasteiger partial charge in [-0.25, -0.2) is 4.79 Å². The van der Waals surface area contributed by atoms with E-state index in [4.69, 9.17) is 16.3 Å². The first-order valence-electron chi connectivity index (χ1n) is 8.78. The Bertz CT molecular complexity index is 1040. The molecule has 8 heteroatoms. The van der Waals surface area contributed by atoms with Crippen LogP contribution in [0.1, 0.15) is 19.4 Å². The number of non-ortho nitro benzene ring substituents is 1. The van der Waals surface area contributed by atoms with Gasteiger partial charge >= 0.3 is 5.97 Å². The fraction of sp³-hybridized carbons (Fsp3) is 0.143. The van der Waals surface area contributed by atoms with E-state index in [0.29, 0.717) is 22.0 Å². The zero-order chi connectivity index (χ0) is 21.1. The van der Waals surface area contributed by atoms with Crippen LogP contribution in [0.4, 0.5) is 11.4 Å². The largest absolute Gasteiger partial charge is 0.462 e. The molecule has 0 aliphatic carbocycles. The standard InChI is InChI=1S/C21H17ClN2O5/c1-3-29-21(26)19-13(2)23(16-10-6-15(22)7-11-16)20(25)18(19)12-14-4-8-17(9-5-14)24(27)28/h4-12H,3H2,1-2H3/b18-12-. The second-order valence-electron chi connectivity index (χ2n) is 6.20. The van der Waals surface area contributed by atoms with E-state index in [2.05, 4.69) is 0 Å². The molecular formula is C21H17ClN2O5. The third kappa shape index (κ3) is 4.05. The maximum atomic E-state index is 13.2. The molecule has 0 radical (unpaired) electrons. The fourth-order valence-electron chi connectivity index (χ4n) is 3.04. The molecule has 3 rings (SSSR count). The Kier molecular flexibility index (Phi) is 5.79. The predicted octanol–water partition coefficient (Wildman–Crippen LogP) is 4.52. The summed E-state index contributed by atoms with van der Waals surface area (Å²) in [5.74, 6) is -1.01. The number of hydrogen-bond acceptors (Lipinski definition) is 5. The van der Waals surface area contributed by atoms with Gasteiger partial charge in [0.2, 0.25) is 0 Å². The number of carbonyl (C=O) groups is 2. The number of allylic oxidation sites excluding steroid dienone is 1. The van der Waals surface area contributed by atoms with Crippen molar-refractivity contribution in [2.24, 2.45) is 0 Å². The summed E-state index contributed by atoms with van der Waals surface area (Å²) in [5.41, 5.74) is 1.79. The van der Waals surface area contributed by atoms with Crippen LogP contribution in [0, 0.1) is 10.1 Å². The summed E-state index contributed by atoms with van der Waals surface area (Å²) in [6, 6.07) is 12.4. The maximum absolute atomic E-state index is 13.2. The molecule has 0 unspecified atom stereocenters. The molecule has 0 aromatic heterocycles. The molecule has 1 heterocycles. The molecular weight excluding hydrogens is 396 g/mol. The molecule has 0 N–H and O–H groups in total. The van der Waals surface area contributed by atoms with Crippen LogP contribution in [-0.4, -0.2) is 23.4 Å². The van der Waals surface area contributed by atoms with Crippen molar-refractivity contribution in [1.82, 2.24) is 0 Å². The number of halogens is 1. The van der Waals surface area contributed by atoms with Crippen LogP contribution in [-0.2, 0) is 14.3 Å². The second-order valence-corrected chi connectivity index (χ2v) is 6.64. The summed E-state index contributed by atoms with van der Waals surface area (Å²) in [5, 5.41) is 11.4. The van der Waals surface area contributed by atoms with Gasteiger partial charge in [0.25, 0.3) is 11.6 Å². The van der Waals surface area contributed by atoms with E-state index in [-0.39, 0.29) is 23.4 Å². The van der Waals surface area contributed by atoms with E-state index in [0.717, 1.165) is 0 Å². The summed E-state index contributed by atoms with van der Waals surface area (Å²) in [6.45, 7) is 3.51. The summed E-state index contributed by atoms with van der Waals surface area (Å²) >= 11 is 5.93. The lowest BCUT2D eigenvalue weighted by atomic mass is 10.0. The number of nitrogens with zero attached hydrogens (tertiary/aromatic N) is 2. The van der Waals surface area contributed by atoms with Gasteiger partial charge in [0.05, 0.1) is 22.7 Å². The minimum absolute atomic E-state index is 0.0648. The number of ether oxygens (including phenoxy) is 1. The third-order valence-corrected chi connectivity index (χ3v) is 4.63. The van der Waals surface area contributed by atoms with Crippen molar-refractivity contribution in [3.05, 3.63) is 86.1 Å². The molecule has 29 heavy (non-hydrogen) atoms. The summed E-state index contributed by atoms with van der Waals surface area (Å²) in [6.07, 6.45) is 1.53. The Morgan fingerprint density at radius 2 is 1.79 bits per heavy atom. The highest BCUT2D eigenvalue weighted by atomic mass is 35.5. The predicted molar refractivity (Wildman–Crippen MR) is 109 cm³/mol. The molecule has 0 saturated heterocycles. The van der Waals surface area contributed by atoms with Crippen LogP contribution in [0.5, 0.6) is 0 Å². The van der Waals surface area contributed by atoms with Crippen LogP contribution < -0.4 is 4.90 Å². The van der Waals surface area contributed by atoms with Gasteiger partial charge in [0.15, 0.2) is 0 Å². The fourth-order valence-corrected chi connectivity index (χ4v) is 3.17. The Balaban J connectivity index is 2.08. The van der Waals surface area contributed by atoms with Gasteiger partial charge in [-0.05, 0) is 61.9 Å². The molecule has 7 nitrogen and oxygen atoms in total. The van der Waals surface area contributed by atoms with Crippen LogP contribution in [0.25, 0.3) is 6.08 Å². The minimum atomic E-state index is -0.608. The lowest BCUT2D eigenvalue weighted by Crippen LogP contribution is -2.24. The van der Waals surface area contributed by atoms with Gasteiger partial charge in [-0.2, -0.15) is 0 Å². The number of esters is 1. The molecule has 0 spiro atoms. The van der Waals surface area contributed by atoms with E-state index in [9.17, 15) is 19.7 Å². The second kappa shape index (κ2) is 8.28. The minimum Gasteiger partial charge on any atom is -0.462 e. The van der Waals surface area contributed by atoms with Crippen molar-refractivity contribution in [3.8, 4) is 0 Å². The summed E-state index contributed by atoms with van der Waals surface area (Å²) in [4.78, 5) is 37.5. The third-order valence-electron chi connectivity index (χ3n) is 4.38. The number of hydrogen-bond donors (Lipinski definition) is 0. The topological polar surface area (TPSA) is 89.8 Å². The summed E-state index contributed by atoms with van der Waals surface area (Å²) < 4.78 is 5.14. The van der Waals surface area contributed by atoms with Gasteiger partial charge in [-0.3, -0.25) is 19.8 Å². The van der Waals surface area contributed by atoms with Crippen molar-refractivity contribution in [1.29, 1.82) is 0 Å². The zero-order valence-electron chi connectivity index (χ0n) is 15.7. The first-order valence-corrected chi connectivity index (χ1v) is 9.15. The normalized spacial score (nSPS) is 15.2. The highest BCUT2D eigenvalue weighted by molar-refractivity contribution is 6.30. The number of carbonyl (C=O) groups excluding carboxylic acids is 2. The van der Waals surface area contributed by atoms with Gasteiger partial charge in [0.1, 0.15) is 0 Å². The van der Waals surface area contributed by atoms with E-state index >= 15 is 0 Å². The molecule has 1 amide bonds. The van der Waals surface area contributed by atoms with Gasteiger partial charge < -0.3 is 4.74 Å². The Labute approximate surface area is 172 Å². The van der Waals surface area contributed by atoms with Crippen LogP contribution in [0.15, 0.2) is 65.4 Å². The summed E-state index contributed by atoms with van der Waals surface area (Å²) in [7, 11) is 0.